The number of hydrogen-bond donors (Lipinski definition) is 1. The lowest BCUT2D eigenvalue weighted by molar-refractivity contribution is -0.118. The fraction of sp³-hybridized carbons (Fsp3) is 0.267. The molecule has 1 aromatic carbocycles. The quantitative estimate of drug-likeness (QED) is 0.680. The molecule has 0 saturated heterocycles. The van der Waals surface area contributed by atoms with Gasteiger partial charge >= 0.3 is 0 Å². The van der Waals surface area contributed by atoms with Crippen LogP contribution in [-0.4, -0.2) is 40.0 Å². The Morgan fingerprint density at radius 1 is 1.32 bits per heavy atom. The molecule has 0 fully saturated rings. The van der Waals surface area contributed by atoms with Gasteiger partial charge in [-0.3, -0.25) is 10.1 Å². The molecule has 0 saturated carbocycles. The first-order valence-corrected chi connectivity index (χ1v) is 8.11. The Labute approximate surface area is 147 Å². The highest BCUT2D eigenvalue weighted by atomic mass is 32.1. The molecule has 0 radical (unpaired) electrons. The van der Waals surface area contributed by atoms with Crippen molar-refractivity contribution >= 4 is 22.4 Å². The standard InChI is InChI=1S/C15H15N5O4S/c1-9-16-14(24-20-9)10-5-3-4-6-11(10)23-7-12(21)17-15-19-18-13(25-15)8-22-2/h3-6H,7-8H2,1-2H3,(H,17,19,21). The summed E-state index contributed by atoms with van der Waals surface area (Å²) in [6, 6.07) is 7.12. The molecule has 0 bridgehead atoms. The molecule has 0 unspecified atom stereocenters. The van der Waals surface area contributed by atoms with Crippen LogP contribution in [0.2, 0.25) is 0 Å². The third-order valence-corrected chi connectivity index (χ3v) is 3.80. The Balaban J connectivity index is 1.62. The molecule has 10 heteroatoms. The zero-order chi connectivity index (χ0) is 17.6. The fourth-order valence-corrected chi connectivity index (χ4v) is 2.69. The number of ether oxygens (including phenoxy) is 2. The topological polar surface area (TPSA) is 112 Å². The third kappa shape index (κ3) is 4.37. The van der Waals surface area contributed by atoms with Gasteiger partial charge in [-0.2, -0.15) is 4.98 Å². The number of hydrogen-bond acceptors (Lipinski definition) is 9. The van der Waals surface area contributed by atoms with E-state index in [-0.39, 0.29) is 12.5 Å². The normalized spacial score (nSPS) is 10.6. The van der Waals surface area contributed by atoms with Crippen LogP contribution < -0.4 is 10.1 Å². The summed E-state index contributed by atoms with van der Waals surface area (Å²) in [4.78, 5) is 16.2. The van der Waals surface area contributed by atoms with Gasteiger partial charge in [-0.05, 0) is 19.1 Å². The van der Waals surface area contributed by atoms with E-state index in [2.05, 4.69) is 25.7 Å². The molecule has 2 aromatic heterocycles. The number of nitrogens with one attached hydrogen (secondary N) is 1. The number of anilines is 1. The van der Waals surface area contributed by atoms with E-state index < -0.39 is 0 Å². The first kappa shape index (κ1) is 17.0. The van der Waals surface area contributed by atoms with Crippen molar-refractivity contribution in [2.45, 2.75) is 13.5 Å². The van der Waals surface area contributed by atoms with Crippen LogP contribution in [0.3, 0.4) is 0 Å². The van der Waals surface area contributed by atoms with E-state index in [1.807, 2.05) is 6.07 Å². The van der Waals surface area contributed by atoms with E-state index in [4.69, 9.17) is 14.0 Å². The maximum absolute atomic E-state index is 12.0. The number of carbonyl (C=O) groups is 1. The number of amides is 1. The molecule has 1 amide bonds. The van der Waals surface area contributed by atoms with Gasteiger partial charge < -0.3 is 14.0 Å². The summed E-state index contributed by atoms with van der Waals surface area (Å²) in [7, 11) is 1.57. The lowest BCUT2D eigenvalue weighted by Gasteiger charge is -2.08. The average Bonchev–Trinajstić information content (AvgIpc) is 3.23. The smallest absolute Gasteiger partial charge is 0.264 e. The number of para-hydroxylation sites is 1. The first-order chi connectivity index (χ1) is 12.2. The van der Waals surface area contributed by atoms with Crippen molar-refractivity contribution < 1.29 is 18.8 Å². The Morgan fingerprint density at radius 2 is 2.16 bits per heavy atom. The van der Waals surface area contributed by atoms with Crippen LogP contribution in [0.25, 0.3) is 11.5 Å². The van der Waals surface area contributed by atoms with Crippen molar-refractivity contribution in [3.8, 4) is 17.2 Å². The number of methoxy groups -OCH3 is 1. The van der Waals surface area contributed by atoms with Crippen LogP contribution in [0.15, 0.2) is 28.8 Å². The molecular formula is C15H15N5O4S. The molecule has 0 aliphatic rings. The van der Waals surface area contributed by atoms with E-state index in [0.29, 0.717) is 39.8 Å². The minimum Gasteiger partial charge on any atom is -0.483 e. The molecule has 0 atom stereocenters. The van der Waals surface area contributed by atoms with Crippen molar-refractivity contribution in [3.63, 3.8) is 0 Å². The second-order valence-corrected chi connectivity index (χ2v) is 5.98. The fourth-order valence-electron chi connectivity index (χ4n) is 1.96. The van der Waals surface area contributed by atoms with E-state index in [9.17, 15) is 4.79 Å². The second-order valence-electron chi connectivity index (χ2n) is 4.91. The van der Waals surface area contributed by atoms with Gasteiger partial charge in [0.05, 0.1) is 5.56 Å². The zero-order valence-electron chi connectivity index (χ0n) is 13.6. The molecule has 3 rings (SSSR count). The minimum absolute atomic E-state index is 0.191. The Kier molecular flexibility index (Phi) is 5.31. The highest BCUT2D eigenvalue weighted by molar-refractivity contribution is 7.15. The highest BCUT2D eigenvalue weighted by Crippen LogP contribution is 2.28. The molecule has 3 aromatic rings. The number of carbonyl (C=O) groups excluding carboxylic acids is 1. The third-order valence-electron chi connectivity index (χ3n) is 2.98. The van der Waals surface area contributed by atoms with Crippen LogP contribution >= 0.6 is 11.3 Å². The van der Waals surface area contributed by atoms with E-state index >= 15 is 0 Å². The van der Waals surface area contributed by atoms with Gasteiger partial charge in [0, 0.05) is 7.11 Å². The number of rotatable bonds is 7. The van der Waals surface area contributed by atoms with Crippen molar-refractivity contribution in [1.82, 2.24) is 20.3 Å². The van der Waals surface area contributed by atoms with Crippen molar-refractivity contribution in [2.24, 2.45) is 0 Å². The van der Waals surface area contributed by atoms with Crippen LogP contribution in [0.1, 0.15) is 10.8 Å². The Hall–Kier alpha value is -2.85. The van der Waals surface area contributed by atoms with Gasteiger partial charge in [0.2, 0.25) is 5.13 Å². The van der Waals surface area contributed by atoms with Crippen molar-refractivity contribution in [3.05, 3.63) is 35.1 Å². The molecular weight excluding hydrogens is 346 g/mol. The number of benzene rings is 1. The molecule has 9 nitrogen and oxygen atoms in total. The van der Waals surface area contributed by atoms with Crippen molar-refractivity contribution in [1.29, 1.82) is 0 Å². The molecule has 2 heterocycles. The van der Waals surface area contributed by atoms with Gasteiger partial charge in [0.15, 0.2) is 12.4 Å². The van der Waals surface area contributed by atoms with Gasteiger partial charge in [0.1, 0.15) is 17.4 Å². The van der Waals surface area contributed by atoms with E-state index in [1.165, 1.54) is 11.3 Å². The van der Waals surface area contributed by atoms with Gasteiger partial charge in [-0.25, -0.2) is 0 Å². The van der Waals surface area contributed by atoms with Crippen molar-refractivity contribution in [2.75, 3.05) is 19.0 Å². The maximum Gasteiger partial charge on any atom is 0.264 e. The SMILES string of the molecule is COCc1nnc(NC(=O)COc2ccccc2-c2nc(C)no2)s1. The van der Waals surface area contributed by atoms with Gasteiger partial charge in [-0.15, -0.1) is 10.2 Å². The predicted molar refractivity (Wildman–Crippen MR) is 89.2 cm³/mol. The number of aryl methyl sites for hydroxylation is 1. The van der Waals surface area contributed by atoms with Gasteiger partial charge in [0.25, 0.3) is 11.8 Å². The summed E-state index contributed by atoms with van der Waals surface area (Å²) >= 11 is 1.24. The summed E-state index contributed by atoms with van der Waals surface area (Å²) in [5.74, 6) is 0.975. The Morgan fingerprint density at radius 3 is 2.92 bits per heavy atom. The van der Waals surface area contributed by atoms with Gasteiger partial charge in [-0.1, -0.05) is 28.6 Å². The monoisotopic (exact) mass is 361 g/mol. The molecule has 1 N–H and O–H groups in total. The molecule has 0 spiro atoms. The summed E-state index contributed by atoms with van der Waals surface area (Å²) in [5, 5.41) is 15.2. The van der Waals surface area contributed by atoms with E-state index in [1.54, 1.807) is 32.2 Å². The average molecular weight is 361 g/mol. The lowest BCUT2D eigenvalue weighted by Crippen LogP contribution is -2.20. The van der Waals surface area contributed by atoms with Crippen LogP contribution in [0.4, 0.5) is 5.13 Å². The highest BCUT2D eigenvalue weighted by Gasteiger charge is 2.14. The molecule has 130 valence electrons. The van der Waals surface area contributed by atoms with Crippen LogP contribution in [-0.2, 0) is 16.1 Å². The Bertz CT molecular complexity index is 863. The first-order valence-electron chi connectivity index (χ1n) is 7.29. The van der Waals surface area contributed by atoms with E-state index in [0.717, 1.165) is 0 Å². The lowest BCUT2D eigenvalue weighted by atomic mass is 10.2. The second kappa shape index (κ2) is 7.81. The zero-order valence-corrected chi connectivity index (χ0v) is 14.4. The summed E-state index contributed by atoms with van der Waals surface area (Å²) in [6.45, 7) is 1.88. The summed E-state index contributed by atoms with van der Waals surface area (Å²) in [6.07, 6.45) is 0. The predicted octanol–water partition coefficient (Wildman–Crippen LogP) is 2.06. The number of nitrogens with zero attached hydrogens (tertiary/aromatic N) is 4. The van der Waals surface area contributed by atoms with Crippen LogP contribution in [0, 0.1) is 6.92 Å². The molecule has 25 heavy (non-hydrogen) atoms. The summed E-state index contributed by atoms with van der Waals surface area (Å²) in [5.41, 5.74) is 0.620. The minimum atomic E-state index is -0.350. The molecule has 0 aliphatic carbocycles. The maximum atomic E-state index is 12.0. The largest absolute Gasteiger partial charge is 0.483 e. The molecule has 0 aliphatic heterocycles. The number of aromatic nitrogens is 4. The van der Waals surface area contributed by atoms with Crippen LogP contribution in [0.5, 0.6) is 5.75 Å². The summed E-state index contributed by atoms with van der Waals surface area (Å²) < 4.78 is 15.7.